The molecule has 0 saturated carbocycles. The summed E-state index contributed by atoms with van der Waals surface area (Å²) in [7, 11) is 0. The lowest BCUT2D eigenvalue weighted by Gasteiger charge is -1.94. The molecule has 0 amide bonds. The Labute approximate surface area is 88.5 Å². The van der Waals surface area contributed by atoms with Crippen molar-refractivity contribution in [3.8, 4) is 0 Å². The molecule has 0 spiro atoms. The minimum Gasteiger partial charge on any atom is -0.291 e. The topological polar surface area (TPSA) is 22.0 Å². The van der Waals surface area contributed by atoms with Gasteiger partial charge in [-0.1, -0.05) is 30.3 Å². The molecule has 1 heterocycles. The predicted molar refractivity (Wildman–Crippen MR) is 60.5 cm³/mol. The van der Waals surface area contributed by atoms with Crippen LogP contribution >= 0.6 is 0 Å². The number of benzene rings is 1. The largest absolute Gasteiger partial charge is 0.291 e. The number of allylic oxidation sites excluding steroid dienone is 1. The Balaban J connectivity index is 2.10. The molecule has 1 aromatic heterocycles. The molecule has 0 unspecified atom stereocenters. The number of nitrogens with zero attached hydrogens (tertiary/aromatic N) is 1. The maximum Gasteiger partial charge on any atom is 0.254 e. The highest BCUT2D eigenvalue weighted by atomic mass is 16.1. The Morgan fingerprint density at radius 1 is 1.00 bits per heavy atom. The third-order valence-corrected chi connectivity index (χ3v) is 2.08. The van der Waals surface area contributed by atoms with Gasteiger partial charge in [0.25, 0.3) is 5.91 Å². The van der Waals surface area contributed by atoms with Crippen LogP contribution in [-0.2, 0) is 0 Å². The lowest BCUT2D eigenvalue weighted by molar-refractivity contribution is 0.0970. The van der Waals surface area contributed by atoms with Gasteiger partial charge in [0, 0.05) is 18.5 Å². The first-order chi connectivity index (χ1) is 7.36. The molecule has 0 radical (unpaired) electrons. The molecule has 1 aromatic carbocycles. The zero-order valence-electron chi connectivity index (χ0n) is 8.21. The molecule has 0 atom stereocenters. The summed E-state index contributed by atoms with van der Waals surface area (Å²) in [6.45, 7) is 0. The summed E-state index contributed by atoms with van der Waals surface area (Å²) in [5, 5.41) is 0. The smallest absolute Gasteiger partial charge is 0.254 e. The molecule has 2 aromatic rings. The van der Waals surface area contributed by atoms with E-state index in [0.717, 1.165) is 5.56 Å². The zero-order valence-corrected chi connectivity index (χ0v) is 8.21. The van der Waals surface area contributed by atoms with Crippen molar-refractivity contribution in [2.45, 2.75) is 0 Å². The normalized spacial score (nSPS) is 10.7. The molecule has 0 saturated heterocycles. The van der Waals surface area contributed by atoms with E-state index >= 15 is 0 Å². The minimum atomic E-state index is -0.0381. The van der Waals surface area contributed by atoms with Crippen LogP contribution in [0.25, 0.3) is 6.08 Å². The van der Waals surface area contributed by atoms with Crippen molar-refractivity contribution in [3.63, 3.8) is 0 Å². The molecular weight excluding hydrogens is 186 g/mol. The lowest BCUT2D eigenvalue weighted by Crippen LogP contribution is -2.03. The van der Waals surface area contributed by atoms with Crippen LogP contribution in [0.1, 0.15) is 10.4 Å². The quantitative estimate of drug-likeness (QED) is 0.678. The number of carbonyl (C=O) groups excluding carboxylic acids is 1. The Morgan fingerprint density at radius 3 is 2.33 bits per heavy atom. The average Bonchev–Trinajstić information content (AvgIpc) is 2.81. The monoisotopic (exact) mass is 197 g/mol. The van der Waals surface area contributed by atoms with Crippen molar-refractivity contribution in [3.05, 3.63) is 66.5 Å². The van der Waals surface area contributed by atoms with Gasteiger partial charge in [0.15, 0.2) is 0 Å². The molecule has 0 aliphatic heterocycles. The van der Waals surface area contributed by atoms with Gasteiger partial charge in [-0.05, 0) is 23.8 Å². The molecule has 2 nitrogen and oxygen atoms in total. The Kier molecular flexibility index (Phi) is 2.79. The van der Waals surface area contributed by atoms with Gasteiger partial charge in [0.1, 0.15) is 0 Å². The first kappa shape index (κ1) is 9.46. The van der Waals surface area contributed by atoms with E-state index in [1.165, 1.54) is 0 Å². The van der Waals surface area contributed by atoms with Gasteiger partial charge in [-0.2, -0.15) is 0 Å². The fraction of sp³-hybridized carbons (Fsp3) is 0. The highest BCUT2D eigenvalue weighted by Gasteiger charge is 1.96. The van der Waals surface area contributed by atoms with Gasteiger partial charge in [-0.15, -0.1) is 0 Å². The zero-order chi connectivity index (χ0) is 10.5. The average molecular weight is 197 g/mol. The van der Waals surface area contributed by atoms with Crippen LogP contribution in [0.4, 0.5) is 0 Å². The van der Waals surface area contributed by atoms with Gasteiger partial charge < -0.3 is 0 Å². The van der Waals surface area contributed by atoms with Crippen molar-refractivity contribution in [1.82, 2.24) is 4.57 Å². The van der Waals surface area contributed by atoms with E-state index in [9.17, 15) is 4.79 Å². The second kappa shape index (κ2) is 4.42. The van der Waals surface area contributed by atoms with Crippen LogP contribution in [0.3, 0.4) is 0 Å². The maximum absolute atomic E-state index is 11.6. The molecule has 2 rings (SSSR count). The minimum absolute atomic E-state index is 0.0381. The third kappa shape index (κ3) is 2.44. The first-order valence-corrected chi connectivity index (χ1v) is 4.77. The Bertz CT molecular complexity index is 455. The van der Waals surface area contributed by atoms with E-state index in [2.05, 4.69) is 0 Å². The summed E-state index contributed by atoms with van der Waals surface area (Å²) in [6, 6.07) is 13.4. The van der Waals surface area contributed by atoms with Gasteiger partial charge in [-0.25, -0.2) is 0 Å². The van der Waals surface area contributed by atoms with E-state index in [-0.39, 0.29) is 5.91 Å². The van der Waals surface area contributed by atoms with Gasteiger partial charge in [-0.3, -0.25) is 9.36 Å². The summed E-state index contributed by atoms with van der Waals surface area (Å²) in [4.78, 5) is 11.6. The Morgan fingerprint density at radius 2 is 1.67 bits per heavy atom. The third-order valence-electron chi connectivity index (χ3n) is 2.08. The van der Waals surface area contributed by atoms with Crippen LogP contribution in [0.15, 0.2) is 60.9 Å². The molecular formula is C13H11NO. The van der Waals surface area contributed by atoms with Crippen LogP contribution in [0.5, 0.6) is 0 Å². The standard InChI is InChI=1S/C13H11NO/c15-13(14-10-4-5-11-14)9-8-12-6-2-1-3-7-12/h1-11H/b9-8+. The van der Waals surface area contributed by atoms with Gasteiger partial charge in [0.05, 0.1) is 0 Å². The molecule has 0 bridgehead atoms. The van der Waals surface area contributed by atoms with Crippen molar-refractivity contribution in [1.29, 1.82) is 0 Å². The van der Waals surface area contributed by atoms with Crippen molar-refractivity contribution < 1.29 is 4.79 Å². The first-order valence-electron chi connectivity index (χ1n) is 4.77. The fourth-order valence-corrected chi connectivity index (χ4v) is 1.30. The molecule has 0 N–H and O–H groups in total. The maximum atomic E-state index is 11.6. The SMILES string of the molecule is O=C(/C=C/c1ccccc1)n1cccc1. The van der Waals surface area contributed by atoms with Crippen LogP contribution < -0.4 is 0 Å². The van der Waals surface area contributed by atoms with Crippen molar-refractivity contribution >= 4 is 12.0 Å². The van der Waals surface area contributed by atoms with E-state index in [1.807, 2.05) is 48.5 Å². The van der Waals surface area contributed by atoms with Crippen LogP contribution in [0.2, 0.25) is 0 Å². The molecule has 15 heavy (non-hydrogen) atoms. The second-order valence-electron chi connectivity index (χ2n) is 3.17. The van der Waals surface area contributed by atoms with E-state index < -0.39 is 0 Å². The van der Waals surface area contributed by atoms with E-state index in [1.54, 1.807) is 23.0 Å². The van der Waals surface area contributed by atoms with Crippen molar-refractivity contribution in [2.24, 2.45) is 0 Å². The Hall–Kier alpha value is -2.09. The number of hydrogen-bond donors (Lipinski definition) is 0. The summed E-state index contributed by atoms with van der Waals surface area (Å²) in [6.07, 6.45) is 6.84. The summed E-state index contributed by atoms with van der Waals surface area (Å²) in [5.41, 5.74) is 1.03. The van der Waals surface area contributed by atoms with Crippen LogP contribution in [-0.4, -0.2) is 10.5 Å². The molecule has 0 fully saturated rings. The highest BCUT2D eigenvalue weighted by Crippen LogP contribution is 2.01. The van der Waals surface area contributed by atoms with Crippen LogP contribution in [0, 0.1) is 0 Å². The molecule has 0 aliphatic rings. The van der Waals surface area contributed by atoms with Gasteiger partial charge in [0.2, 0.25) is 0 Å². The van der Waals surface area contributed by atoms with Gasteiger partial charge >= 0.3 is 0 Å². The van der Waals surface area contributed by atoms with E-state index in [0.29, 0.717) is 0 Å². The molecule has 74 valence electrons. The molecule has 0 aliphatic carbocycles. The number of carbonyl (C=O) groups is 1. The predicted octanol–water partition coefficient (Wildman–Crippen LogP) is 2.84. The molecule has 2 heteroatoms. The van der Waals surface area contributed by atoms with E-state index in [4.69, 9.17) is 0 Å². The lowest BCUT2D eigenvalue weighted by atomic mass is 10.2. The number of aromatic nitrogens is 1. The van der Waals surface area contributed by atoms with Crippen molar-refractivity contribution in [2.75, 3.05) is 0 Å². The summed E-state index contributed by atoms with van der Waals surface area (Å²) < 4.78 is 1.54. The fourth-order valence-electron chi connectivity index (χ4n) is 1.30. The summed E-state index contributed by atoms with van der Waals surface area (Å²) in [5.74, 6) is -0.0381. The second-order valence-corrected chi connectivity index (χ2v) is 3.17. The number of hydrogen-bond acceptors (Lipinski definition) is 1. The number of rotatable bonds is 2. The highest BCUT2D eigenvalue weighted by molar-refractivity contribution is 5.93. The summed E-state index contributed by atoms with van der Waals surface area (Å²) >= 11 is 0.